The van der Waals surface area contributed by atoms with Crippen LogP contribution in [0.3, 0.4) is 0 Å². The maximum atomic E-state index is 15.0. The van der Waals surface area contributed by atoms with E-state index in [9.17, 15) is 28.0 Å². The predicted molar refractivity (Wildman–Crippen MR) is 147 cm³/mol. The molecule has 7 nitrogen and oxygen atoms in total. The van der Waals surface area contributed by atoms with Gasteiger partial charge in [0, 0.05) is 35.1 Å². The first-order valence-electron chi connectivity index (χ1n) is 11.9. The van der Waals surface area contributed by atoms with Gasteiger partial charge in [-0.3, -0.25) is 19.2 Å². The fourth-order valence-corrected chi connectivity index (χ4v) is 5.15. The molecule has 1 fully saturated rings. The second kappa shape index (κ2) is 9.38. The molecule has 0 aromatic heterocycles. The molecule has 0 N–H and O–H groups in total. The van der Waals surface area contributed by atoms with Gasteiger partial charge in [-0.1, -0.05) is 35.9 Å². The molecule has 1 saturated heterocycles. The smallest absolute Gasteiger partial charge is 0.348 e. The van der Waals surface area contributed by atoms with E-state index in [4.69, 9.17) is 11.6 Å². The number of carbonyl (C=O) groups is 4. The highest BCUT2D eigenvalue weighted by Crippen LogP contribution is 2.40. The van der Waals surface area contributed by atoms with E-state index in [-0.39, 0.29) is 35.6 Å². The van der Waals surface area contributed by atoms with Crippen molar-refractivity contribution in [3.63, 3.8) is 0 Å². The minimum Gasteiger partial charge on any atom is -0.389 e. The molecule has 0 saturated carbocycles. The summed E-state index contributed by atoms with van der Waals surface area (Å²) in [4.78, 5) is 54.9. The lowest BCUT2D eigenvalue weighted by atomic mass is 9.55. The van der Waals surface area contributed by atoms with Crippen LogP contribution in [0.15, 0.2) is 42.5 Å². The third-order valence-electron chi connectivity index (χ3n) is 7.91. The van der Waals surface area contributed by atoms with Crippen LogP contribution in [0.25, 0.3) is 0 Å². The Morgan fingerprint density at radius 2 is 1.78 bits per heavy atom. The molecular weight excluding hydrogens is 498 g/mol. The summed E-state index contributed by atoms with van der Waals surface area (Å²) in [7, 11) is 7.78. The lowest BCUT2D eigenvalue weighted by molar-refractivity contribution is -0.154. The number of amides is 4. The second-order valence-corrected chi connectivity index (χ2v) is 10.4. The van der Waals surface area contributed by atoms with Crippen molar-refractivity contribution in [1.82, 2.24) is 14.5 Å². The zero-order valence-corrected chi connectivity index (χ0v) is 22.0. The first kappa shape index (κ1) is 27.0. The topological polar surface area (TPSA) is 78.0 Å². The number of benzene rings is 2. The standard InChI is InChI=1S/C22H23B5ClF2N3O4/c23-15-8-16(34)32(26)19(36)21(15,25)31-9-11-7-10(1-6-14(11)18(31)35)17(24)33(27)20(37)22(29,30)12-2-4-13(28)5-3-12/h1-7,15,17H,8-9,23-27H2/t15?,17?,21-/m0/s1. The normalized spacial score (nSPS) is 22.7. The van der Waals surface area contributed by atoms with E-state index in [1.807, 2.05) is 0 Å². The maximum absolute atomic E-state index is 15.0. The molecule has 0 aliphatic carbocycles. The van der Waals surface area contributed by atoms with Crippen LogP contribution in [0.1, 0.15) is 39.4 Å². The molecule has 0 bridgehead atoms. The van der Waals surface area contributed by atoms with Gasteiger partial charge in [-0.2, -0.15) is 8.78 Å². The van der Waals surface area contributed by atoms with Gasteiger partial charge in [0.25, 0.3) is 11.8 Å². The van der Waals surface area contributed by atoms with Crippen LogP contribution in [-0.4, -0.2) is 83.1 Å². The second-order valence-electron chi connectivity index (χ2n) is 9.99. The van der Waals surface area contributed by atoms with E-state index < -0.39 is 34.7 Å². The van der Waals surface area contributed by atoms with Gasteiger partial charge in [0.1, 0.15) is 23.5 Å². The number of alkyl halides is 2. The number of halogens is 3. The summed E-state index contributed by atoms with van der Waals surface area (Å²) in [5.41, 5.74) is -0.0776. The summed E-state index contributed by atoms with van der Waals surface area (Å²) in [6.07, 6.45) is 0.135. The fraction of sp³-hybridized carbons (Fsp3) is 0.273. The first-order valence-corrected chi connectivity index (χ1v) is 12.3. The molecule has 0 spiro atoms. The molecule has 0 radical (unpaired) electrons. The van der Waals surface area contributed by atoms with Gasteiger partial charge in [0.05, 0.1) is 5.44 Å². The Bertz CT molecular complexity index is 1320. The largest absolute Gasteiger partial charge is 0.389 e. The van der Waals surface area contributed by atoms with E-state index in [0.717, 1.165) is 21.8 Å². The van der Waals surface area contributed by atoms with E-state index in [1.54, 1.807) is 41.7 Å². The third-order valence-corrected chi connectivity index (χ3v) is 8.16. The summed E-state index contributed by atoms with van der Waals surface area (Å²) < 4.78 is 29.9. The van der Waals surface area contributed by atoms with Crippen molar-refractivity contribution < 1.29 is 28.0 Å². The summed E-state index contributed by atoms with van der Waals surface area (Å²) in [6.45, 7) is 0.127. The van der Waals surface area contributed by atoms with Gasteiger partial charge in [0.2, 0.25) is 27.8 Å². The minimum absolute atomic E-state index is 0.127. The van der Waals surface area contributed by atoms with Crippen molar-refractivity contribution in [1.29, 1.82) is 0 Å². The number of hydrogen-bond donors (Lipinski definition) is 0. The minimum atomic E-state index is -3.76. The number of nitrogens with zero attached hydrogens (tertiary/aromatic N) is 3. The van der Waals surface area contributed by atoms with Gasteiger partial charge in [-0.05, 0) is 35.1 Å². The van der Waals surface area contributed by atoms with Crippen molar-refractivity contribution in [3.8, 4) is 0 Å². The van der Waals surface area contributed by atoms with E-state index in [2.05, 4.69) is 0 Å². The van der Waals surface area contributed by atoms with Gasteiger partial charge < -0.3 is 14.5 Å². The number of fused-ring (bicyclic) bond motifs is 1. The molecule has 2 unspecified atom stereocenters. The van der Waals surface area contributed by atoms with Crippen molar-refractivity contribution in [2.45, 2.75) is 36.1 Å². The number of rotatable bonds is 5. The van der Waals surface area contributed by atoms with Crippen molar-refractivity contribution in [2.24, 2.45) is 0 Å². The molecule has 2 aromatic carbocycles. The third kappa shape index (κ3) is 4.29. The van der Waals surface area contributed by atoms with Crippen LogP contribution in [0.4, 0.5) is 8.78 Å². The molecule has 15 heteroatoms. The number of imide groups is 1. The summed E-state index contributed by atoms with van der Waals surface area (Å²) in [5.74, 6) is -7.32. The van der Waals surface area contributed by atoms with Gasteiger partial charge in [-0.25, -0.2) is 0 Å². The Kier molecular flexibility index (Phi) is 6.86. The summed E-state index contributed by atoms with van der Waals surface area (Å²) in [6, 6.07) is 9.77. The van der Waals surface area contributed by atoms with E-state index in [1.165, 1.54) is 33.0 Å². The highest BCUT2D eigenvalue weighted by Gasteiger charge is 2.53. The lowest BCUT2D eigenvalue weighted by Gasteiger charge is -2.47. The zero-order valence-electron chi connectivity index (χ0n) is 21.2. The quantitative estimate of drug-likeness (QED) is 0.343. The van der Waals surface area contributed by atoms with Gasteiger partial charge in [-0.15, -0.1) is 0 Å². The Labute approximate surface area is 222 Å². The Hall–Kier alpha value is -3.01. The number of carbonyl (C=O) groups excluding carboxylic acids is 4. The molecule has 2 aliphatic heterocycles. The zero-order chi connectivity index (χ0) is 27.4. The molecule has 3 atom stereocenters. The predicted octanol–water partition coefficient (Wildman–Crippen LogP) is -1.85. The molecule has 2 aromatic rings. The average molecular weight is 521 g/mol. The first-order chi connectivity index (χ1) is 17.2. The molecule has 2 aliphatic rings. The van der Waals surface area contributed by atoms with E-state index >= 15 is 0 Å². The van der Waals surface area contributed by atoms with Crippen LogP contribution in [0, 0.1) is 0 Å². The molecular formula is C22H23B5ClF2N3O4. The summed E-state index contributed by atoms with van der Waals surface area (Å²) >= 11 is 5.79. The Morgan fingerprint density at radius 1 is 1.16 bits per heavy atom. The molecule has 4 amide bonds. The molecule has 2 heterocycles. The SMILES string of the molecule is BC(c1ccc2c(c1)CN([C@]1(B)C(=O)N(B)C(=O)CC1B)C2=O)N(B)C(=O)C(F)(F)c1ccc(Cl)cc1. The van der Waals surface area contributed by atoms with Crippen molar-refractivity contribution in [3.05, 3.63) is 69.7 Å². The molecule has 186 valence electrons. The Morgan fingerprint density at radius 3 is 2.41 bits per heavy atom. The average Bonchev–Trinajstić information content (AvgIpc) is 3.21. The van der Waals surface area contributed by atoms with Crippen LogP contribution < -0.4 is 0 Å². The van der Waals surface area contributed by atoms with Crippen LogP contribution in [0.2, 0.25) is 10.8 Å². The lowest BCUT2D eigenvalue weighted by Crippen LogP contribution is -2.66. The molecule has 4 rings (SSSR count). The highest BCUT2D eigenvalue weighted by molar-refractivity contribution is 6.42. The molecule has 37 heavy (non-hydrogen) atoms. The monoisotopic (exact) mass is 521 g/mol. The van der Waals surface area contributed by atoms with Crippen LogP contribution >= 0.6 is 11.6 Å². The summed E-state index contributed by atoms with van der Waals surface area (Å²) in [5, 5.41) is 0.284. The number of piperidine rings is 1. The Balaban J connectivity index is 1.58. The van der Waals surface area contributed by atoms with Crippen molar-refractivity contribution in [2.75, 3.05) is 0 Å². The fourth-order valence-electron chi connectivity index (χ4n) is 5.02. The van der Waals surface area contributed by atoms with Crippen LogP contribution in [0.5, 0.6) is 0 Å². The van der Waals surface area contributed by atoms with E-state index in [0.29, 0.717) is 16.7 Å². The van der Waals surface area contributed by atoms with Crippen LogP contribution in [-0.2, 0) is 26.9 Å². The van der Waals surface area contributed by atoms with Gasteiger partial charge >= 0.3 is 5.92 Å². The highest BCUT2D eigenvalue weighted by atomic mass is 35.5. The number of hydrogen-bond acceptors (Lipinski definition) is 4. The van der Waals surface area contributed by atoms with Crippen molar-refractivity contribution >= 4 is 74.7 Å². The maximum Gasteiger partial charge on any atom is 0.348 e. The van der Waals surface area contributed by atoms with Gasteiger partial charge in [0.15, 0.2) is 0 Å².